The fourth-order valence-electron chi connectivity index (χ4n) is 3.04. The van der Waals surface area contributed by atoms with E-state index in [0.29, 0.717) is 28.6 Å². The fraction of sp³-hybridized carbons (Fsp3) is 0.300. The first-order valence-electron chi connectivity index (χ1n) is 8.93. The number of carbonyl (C=O) groups excluding carboxylic acids is 2. The predicted octanol–water partition coefficient (Wildman–Crippen LogP) is 4.38. The number of hydrogen-bond donors (Lipinski definition) is 1. The van der Waals surface area contributed by atoms with Crippen LogP contribution < -0.4 is 10.1 Å². The lowest BCUT2D eigenvalue weighted by molar-refractivity contribution is -0.139. The van der Waals surface area contributed by atoms with E-state index in [-0.39, 0.29) is 19.2 Å². The van der Waals surface area contributed by atoms with E-state index in [1.807, 2.05) is 23.8 Å². The van der Waals surface area contributed by atoms with Gasteiger partial charge in [0.1, 0.15) is 12.4 Å². The molecule has 28 heavy (non-hydrogen) atoms. The Kier molecular flexibility index (Phi) is 6.59. The van der Waals surface area contributed by atoms with Crippen molar-refractivity contribution in [2.45, 2.75) is 19.9 Å². The molecule has 0 unspecified atom stereocenters. The number of carbonyl (C=O) groups is 2. The quantitative estimate of drug-likeness (QED) is 0.675. The van der Waals surface area contributed by atoms with Crippen molar-refractivity contribution in [3.63, 3.8) is 0 Å². The highest BCUT2D eigenvalue weighted by Crippen LogP contribution is 2.33. The van der Waals surface area contributed by atoms with Gasteiger partial charge in [-0.3, -0.25) is 4.90 Å². The molecule has 2 heterocycles. The summed E-state index contributed by atoms with van der Waals surface area (Å²) in [6.07, 6.45) is 0. The van der Waals surface area contributed by atoms with Gasteiger partial charge in [0.15, 0.2) is 0 Å². The van der Waals surface area contributed by atoms with Crippen LogP contribution in [0.25, 0.3) is 0 Å². The molecule has 0 fully saturated rings. The van der Waals surface area contributed by atoms with Crippen molar-refractivity contribution in [1.82, 2.24) is 10.2 Å². The van der Waals surface area contributed by atoms with E-state index in [1.165, 1.54) is 16.2 Å². The zero-order chi connectivity index (χ0) is 20.1. The Morgan fingerprint density at radius 1 is 1.32 bits per heavy atom. The van der Waals surface area contributed by atoms with E-state index in [0.717, 1.165) is 5.56 Å². The Labute approximate surface area is 172 Å². The number of benzene rings is 1. The van der Waals surface area contributed by atoms with Gasteiger partial charge in [-0.1, -0.05) is 17.7 Å². The minimum absolute atomic E-state index is 0.0381. The summed E-state index contributed by atoms with van der Waals surface area (Å²) in [4.78, 5) is 27.0. The highest BCUT2D eigenvalue weighted by atomic mass is 35.5. The lowest BCUT2D eigenvalue weighted by atomic mass is 9.96. The number of nitrogens with one attached hydrogen (secondary N) is 1. The Morgan fingerprint density at radius 2 is 2.14 bits per heavy atom. The SMILES string of the molecule is CCOC(=O)C1=C(COc2cccc(Cl)c2)N(CC)C(=O)N[C@H]1c1ccsc1. The first-order chi connectivity index (χ1) is 13.5. The van der Waals surface area contributed by atoms with E-state index in [9.17, 15) is 9.59 Å². The highest BCUT2D eigenvalue weighted by Gasteiger charge is 2.38. The van der Waals surface area contributed by atoms with Gasteiger partial charge in [0.2, 0.25) is 0 Å². The number of rotatable bonds is 7. The molecule has 2 amide bonds. The van der Waals surface area contributed by atoms with E-state index in [1.54, 1.807) is 31.2 Å². The van der Waals surface area contributed by atoms with Crippen LogP contribution in [0.5, 0.6) is 5.75 Å². The third-order valence-corrected chi connectivity index (χ3v) is 5.23. The van der Waals surface area contributed by atoms with Gasteiger partial charge in [-0.25, -0.2) is 9.59 Å². The molecule has 2 aromatic rings. The van der Waals surface area contributed by atoms with E-state index in [2.05, 4.69) is 5.32 Å². The van der Waals surface area contributed by atoms with Crippen molar-refractivity contribution in [2.24, 2.45) is 0 Å². The summed E-state index contributed by atoms with van der Waals surface area (Å²) in [5.74, 6) is 0.0826. The molecule has 0 radical (unpaired) electrons. The number of esters is 1. The van der Waals surface area contributed by atoms with Gasteiger partial charge in [-0.15, -0.1) is 0 Å². The second-order valence-corrected chi connectivity index (χ2v) is 7.23. The summed E-state index contributed by atoms with van der Waals surface area (Å²) >= 11 is 7.51. The molecule has 3 rings (SSSR count). The van der Waals surface area contributed by atoms with Crippen molar-refractivity contribution in [2.75, 3.05) is 19.8 Å². The number of thiophene rings is 1. The molecule has 1 aliphatic heterocycles. The molecule has 1 N–H and O–H groups in total. The summed E-state index contributed by atoms with van der Waals surface area (Å²) < 4.78 is 11.2. The summed E-state index contributed by atoms with van der Waals surface area (Å²) in [6.45, 7) is 4.25. The first-order valence-corrected chi connectivity index (χ1v) is 10.3. The van der Waals surface area contributed by atoms with Crippen LogP contribution in [-0.2, 0) is 9.53 Å². The normalized spacial score (nSPS) is 16.8. The van der Waals surface area contributed by atoms with Crippen molar-refractivity contribution in [3.05, 3.63) is 62.9 Å². The number of amides is 2. The fourth-order valence-corrected chi connectivity index (χ4v) is 3.91. The molecular formula is C20H21ClN2O4S. The molecule has 0 saturated heterocycles. The van der Waals surface area contributed by atoms with Crippen LogP contribution in [0.2, 0.25) is 5.02 Å². The van der Waals surface area contributed by atoms with Crippen molar-refractivity contribution >= 4 is 34.9 Å². The monoisotopic (exact) mass is 420 g/mol. The Bertz CT molecular complexity index is 882. The zero-order valence-electron chi connectivity index (χ0n) is 15.6. The van der Waals surface area contributed by atoms with Crippen molar-refractivity contribution in [3.8, 4) is 5.75 Å². The first kappa shape index (κ1) is 20.2. The predicted molar refractivity (Wildman–Crippen MR) is 109 cm³/mol. The smallest absolute Gasteiger partial charge is 0.338 e. The third kappa shape index (κ3) is 4.31. The average Bonchev–Trinajstić information content (AvgIpc) is 3.20. The van der Waals surface area contributed by atoms with Crippen LogP contribution in [0.1, 0.15) is 25.5 Å². The molecule has 1 atom stereocenters. The maximum absolute atomic E-state index is 12.8. The van der Waals surface area contributed by atoms with Gasteiger partial charge >= 0.3 is 12.0 Å². The molecule has 1 aromatic carbocycles. The van der Waals surface area contributed by atoms with Gasteiger partial charge in [-0.05, 0) is 54.4 Å². The number of likely N-dealkylation sites (N-methyl/N-ethyl adjacent to an activating group) is 1. The topological polar surface area (TPSA) is 67.9 Å². The molecule has 0 saturated carbocycles. The number of urea groups is 1. The largest absolute Gasteiger partial charge is 0.487 e. The molecule has 148 valence electrons. The lowest BCUT2D eigenvalue weighted by Gasteiger charge is -2.35. The van der Waals surface area contributed by atoms with Gasteiger partial charge in [0.05, 0.1) is 23.9 Å². The van der Waals surface area contributed by atoms with Crippen LogP contribution in [0, 0.1) is 0 Å². The third-order valence-electron chi connectivity index (χ3n) is 4.30. The van der Waals surface area contributed by atoms with Crippen LogP contribution in [0.15, 0.2) is 52.4 Å². The molecule has 1 aromatic heterocycles. The molecule has 0 spiro atoms. The average molecular weight is 421 g/mol. The second-order valence-electron chi connectivity index (χ2n) is 6.01. The highest BCUT2D eigenvalue weighted by molar-refractivity contribution is 7.08. The van der Waals surface area contributed by atoms with E-state index >= 15 is 0 Å². The summed E-state index contributed by atoms with van der Waals surface area (Å²) in [5.41, 5.74) is 1.70. The minimum Gasteiger partial charge on any atom is -0.487 e. The maximum atomic E-state index is 12.8. The summed E-state index contributed by atoms with van der Waals surface area (Å²) in [7, 11) is 0. The molecule has 1 aliphatic rings. The van der Waals surface area contributed by atoms with Crippen LogP contribution in [-0.4, -0.2) is 36.7 Å². The lowest BCUT2D eigenvalue weighted by Crippen LogP contribution is -2.49. The van der Waals surface area contributed by atoms with E-state index in [4.69, 9.17) is 21.1 Å². The van der Waals surface area contributed by atoms with Crippen LogP contribution in [0.3, 0.4) is 0 Å². The maximum Gasteiger partial charge on any atom is 0.338 e. The molecule has 6 nitrogen and oxygen atoms in total. The molecule has 0 bridgehead atoms. The van der Waals surface area contributed by atoms with Gasteiger partial charge in [-0.2, -0.15) is 11.3 Å². The van der Waals surface area contributed by atoms with Gasteiger partial charge in [0.25, 0.3) is 0 Å². The van der Waals surface area contributed by atoms with Crippen LogP contribution in [0.4, 0.5) is 4.79 Å². The number of nitrogens with zero attached hydrogens (tertiary/aromatic N) is 1. The number of ether oxygens (including phenoxy) is 2. The number of halogens is 1. The zero-order valence-corrected chi connectivity index (χ0v) is 17.2. The minimum atomic E-state index is -0.585. The molecular weight excluding hydrogens is 400 g/mol. The number of hydrogen-bond acceptors (Lipinski definition) is 5. The second kappa shape index (κ2) is 9.12. The Morgan fingerprint density at radius 3 is 2.79 bits per heavy atom. The van der Waals surface area contributed by atoms with Gasteiger partial charge in [0, 0.05) is 11.6 Å². The van der Waals surface area contributed by atoms with Gasteiger partial charge < -0.3 is 14.8 Å². The van der Waals surface area contributed by atoms with Crippen LogP contribution >= 0.6 is 22.9 Å². The van der Waals surface area contributed by atoms with Crippen molar-refractivity contribution < 1.29 is 19.1 Å². The molecule has 0 aliphatic carbocycles. The van der Waals surface area contributed by atoms with E-state index < -0.39 is 12.0 Å². The molecule has 8 heteroatoms. The summed E-state index contributed by atoms with van der Waals surface area (Å²) in [6, 6.07) is 7.99. The summed E-state index contributed by atoms with van der Waals surface area (Å²) in [5, 5.41) is 7.25. The standard InChI is InChI=1S/C20H21ClN2O4S/c1-3-23-16(11-27-15-7-5-6-14(21)10-15)17(19(24)26-4-2)18(22-20(23)25)13-8-9-28-12-13/h5-10,12,18H,3-4,11H2,1-2H3,(H,22,25)/t18-/m0/s1. The van der Waals surface area contributed by atoms with Crippen molar-refractivity contribution in [1.29, 1.82) is 0 Å². The Balaban J connectivity index is 2.02. The Hall–Kier alpha value is -2.51.